The van der Waals surface area contributed by atoms with Gasteiger partial charge >= 0.3 is 0 Å². The van der Waals surface area contributed by atoms with E-state index in [1.54, 1.807) is 12.3 Å². The fourth-order valence-electron chi connectivity index (χ4n) is 4.00. The number of phenols is 1. The van der Waals surface area contributed by atoms with Crippen LogP contribution in [0.1, 0.15) is 18.4 Å². The lowest BCUT2D eigenvalue weighted by molar-refractivity contribution is -0.113. The van der Waals surface area contributed by atoms with Gasteiger partial charge in [0.2, 0.25) is 5.78 Å². The zero-order valence-corrected chi connectivity index (χ0v) is 18.3. The topological polar surface area (TPSA) is 85.6 Å². The van der Waals surface area contributed by atoms with Crippen LogP contribution in [0.2, 0.25) is 0 Å². The van der Waals surface area contributed by atoms with Crippen LogP contribution in [0.15, 0.2) is 51.6 Å². The molecule has 7 heteroatoms. The van der Waals surface area contributed by atoms with Gasteiger partial charge in [0.25, 0.3) is 0 Å². The number of carbonyl (C=O) groups excluding carboxylic acids is 2. The van der Waals surface area contributed by atoms with Crippen LogP contribution in [0.25, 0.3) is 11.3 Å². The molecule has 31 heavy (non-hydrogen) atoms. The first kappa shape index (κ1) is 21.1. The van der Waals surface area contributed by atoms with Crippen molar-refractivity contribution >= 4 is 28.5 Å². The van der Waals surface area contributed by atoms with Crippen LogP contribution in [-0.4, -0.2) is 73.5 Å². The second-order valence-electron chi connectivity index (χ2n) is 8.47. The molecule has 1 aromatic carbocycles. The summed E-state index contributed by atoms with van der Waals surface area (Å²) in [6.45, 7) is 1.52. The number of aromatic hydroxyl groups is 1. The van der Waals surface area contributed by atoms with E-state index in [1.165, 1.54) is 12.2 Å². The highest BCUT2D eigenvalue weighted by Gasteiger charge is 2.34. The zero-order valence-electron chi connectivity index (χ0n) is 18.3. The number of ketones is 2. The number of phenolic OH excluding ortho intramolecular Hbond substituents is 1. The molecule has 0 spiro atoms. The summed E-state index contributed by atoms with van der Waals surface area (Å²) in [4.78, 5) is 38.2. The molecule has 0 saturated carbocycles. The van der Waals surface area contributed by atoms with E-state index < -0.39 is 0 Å². The van der Waals surface area contributed by atoms with Gasteiger partial charge in [-0.2, -0.15) is 0 Å². The molecule has 160 valence electrons. The maximum atomic E-state index is 12.6. The molecule has 1 aromatic rings. The van der Waals surface area contributed by atoms with Gasteiger partial charge in [-0.05, 0) is 76.5 Å². The fraction of sp³-hybridized carbons (Fsp3) is 0.333. The summed E-state index contributed by atoms with van der Waals surface area (Å²) in [5.74, 6) is -0.406. The van der Waals surface area contributed by atoms with Crippen molar-refractivity contribution in [1.29, 1.82) is 0 Å². The van der Waals surface area contributed by atoms with Crippen LogP contribution in [0.3, 0.4) is 0 Å². The minimum Gasteiger partial charge on any atom is -0.507 e. The molecular formula is C24H26N4O3. The molecular weight excluding hydrogens is 392 g/mol. The molecule has 0 saturated heterocycles. The maximum Gasteiger partial charge on any atom is 0.205 e. The van der Waals surface area contributed by atoms with Crippen LogP contribution in [0.5, 0.6) is 5.75 Å². The van der Waals surface area contributed by atoms with Crippen molar-refractivity contribution in [3.8, 4) is 5.75 Å². The molecule has 2 aliphatic heterocycles. The van der Waals surface area contributed by atoms with Gasteiger partial charge in [-0.1, -0.05) is 0 Å². The maximum absolute atomic E-state index is 12.6. The van der Waals surface area contributed by atoms with Crippen LogP contribution in [0, 0.1) is 0 Å². The highest BCUT2D eigenvalue weighted by atomic mass is 16.3. The Balaban J connectivity index is 1.90. The summed E-state index contributed by atoms with van der Waals surface area (Å²) < 4.78 is 0. The van der Waals surface area contributed by atoms with Gasteiger partial charge in [-0.25, -0.2) is 4.99 Å². The summed E-state index contributed by atoms with van der Waals surface area (Å²) in [5.41, 5.74) is 3.39. The zero-order chi connectivity index (χ0) is 22.3. The van der Waals surface area contributed by atoms with Crippen LogP contribution < -0.4 is 10.6 Å². The van der Waals surface area contributed by atoms with Gasteiger partial charge in [-0.15, -0.1) is 0 Å². The highest BCUT2D eigenvalue weighted by molar-refractivity contribution is 6.60. The third kappa shape index (κ3) is 3.82. The molecule has 3 aliphatic rings. The number of rotatable bonds is 6. The first-order chi connectivity index (χ1) is 14.8. The van der Waals surface area contributed by atoms with E-state index in [9.17, 15) is 14.7 Å². The average molecular weight is 418 g/mol. The molecule has 1 aliphatic carbocycles. The predicted molar refractivity (Wildman–Crippen MR) is 120 cm³/mol. The summed E-state index contributed by atoms with van der Waals surface area (Å²) >= 11 is 0. The van der Waals surface area contributed by atoms with Gasteiger partial charge in [-0.3, -0.25) is 14.6 Å². The molecule has 0 unspecified atom stereocenters. The first-order valence-electron chi connectivity index (χ1n) is 10.3. The molecule has 0 atom stereocenters. The summed E-state index contributed by atoms with van der Waals surface area (Å²) in [5, 5.41) is 12.5. The second kappa shape index (κ2) is 8.17. The van der Waals surface area contributed by atoms with Crippen molar-refractivity contribution in [2.75, 3.05) is 41.3 Å². The summed E-state index contributed by atoms with van der Waals surface area (Å²) in [6, 6.07) is 3.63. The molecule has 0 fully saturated rings. The van der Waals surface area contributed by atoms with Crippen molar-refractivity contribution in [3.63, 3.8) is 0 Å². The van der Waals surface area contributed by atoms with Gasteiger partial charge < -0.3 is 14.9 Å². The normalized spacial score (nSPS) is 19.2. The van der Waals surface area contributed by atoms with E-state index in [4.69, 9.17) is 0 Å². The Morgan fingerprint density at radius 2 is 1.61 bits per heavy atom. The van der Waals surface area contributed by atoms with E-state index in [-0.39, 0.29) is 23.0 Å². The molecule has 1 N–H and O–H groups in total. The highest BCUT2D eigenvalue weighted by Crippen LogP contribution is 2.33. The van der Waals surface area contributed by atoms with Gasteiger partial charge in [0.1, 0.15) is 11.5 Å². The molecule has 7 nitrogen and oxygen atoms in total. The molecule has 0 bridgehead atoms. The predicted octanol–water partition coefficient (Wildman–Crippen LogP) is 0.837. The fourth-order valence-corrected chi connectivity index (χ4v) is 4.00. The van der Waals surface area contributed by atoms with E-state index in [2.05, 4.69) is 14.9 Å². The molecule has 2 heterocycles. The van der Waals surface area contributed by atoms with Crippen LogP contribution in [0.4, 0.5) is 0 Å². The Hall–Kier alpha value is -3.16. The van der Waals surface area contributed by atoms with E-state index in [0.29, 0.717) is 40.6 Å². The van der Waals surface area contributed by atoms with Crippen LogP contribution >= 0.6 is 0 Å². The van der Waals surface area contributed by atoms with E-state index in [1.807, 2.05) is 39.2 Å². The van der Waals surface area contributed by atoms with Crippen molar-refractivity contribution in [3.05, 3.63) is 57.8 Å². The van der Waals surface area contributed by atoms with Gasteiger partial charge in [0.15, 0.2) is 5.78 Å². The number of benzene rings is 1. The second-order valence-corrected chi connectivity index (χ2v) is 8.47. The Bertz CT molecular complexity index is 1230. The van der Waals surface area contributed by atoms with Crippen molar-refractivity contribution in [2.24, 2.45) is 9.98 Å². The lowest BCUT2D eigenvalue weighted by atomic mass is 9.91. The Morgan fingerprint density at radius 1 is 0.935 bits per heavy atom. The summed E-state index contributed by atoms with van der Waals surface area (Å²) in [6.07, 6.45) is 5.66. The van der Waals surface area contributed by atoms with E-state index in [0.717, 1.165) is 23.9 Å². The molecule has 4 rings (SSSR count). The number of aliphatic imine (C=N–C) groups is 1. The van der Waals surface area contributed by atoms with Gasteiger partial charge in [0, 0.05) is 30.1 Å². The Morgan fingerprint density at radius 3 is 2.32 bits per heavy atom. The summed E-state index contributed by atoms with van der Waals surface area (Å²) in [7, 11) is 7.90. The lowest BCUT2D eigenvalue weighted by Gasteiger charge is -2.14. The van der Waals surface area contributed by atoms with Crippen LogP contribution in [-0.2, 0) is 9.59 Å². The third-order valence-electron chi connectivity index (χ3n) is 5.64. The number of allylic oxidation sites excluding steroid dienone is 3. The smallest absolute Gasteiger partial charge is 0.205 e. The van der Waals surface area contributed by atoms with Crippen molar-refractivity contribution in [1.82, 2.24) is 9.80 Å². The standard InChI is InChI=1S/C24H26N4O3/c1-27(2)11-9-14-13-25-17-6-5-16(24(31)20(14)17)22-15(10-12-28(3)4)21-18(29)7-8-19(30)23(21)26-22/h5-8,13,31H,9-12H2,1-4H3. The SMILES string of the molecule is CN(C)CCC1=CN=c2ccc(=C3N=C4C(=O)C=CC(=O)C4=C3CCN(C)C)c(O)c21. The number of hydrogen-bond acceptors (Lipinski definition) is 7. The quantitative estimate of drug-likeness (QED) is 0.740. The number of carbonyl (C=O) groups is 2. The average Bonchev–Trinajstić information content (AvgIpc) is 3.30. The van der Waals surface area contributed by atoms with Gasteiger partial charge in [0.05, 0.1) is 16.6 Å². The monoisotopic (exact) mass is 418 g/mol. The first-order valence-corrected chi connectivity index (χ1v) is 10.3. The molecule has 0 aromatic heterocycles. The molecule has 0 radical (unpaired) electrons. The lowest BCUT2D eigenvalue weighted by Crippen LogP contribution is -2.23. The number of fused-ring (bicyclic) bond motifs is 2. The van der Waals surface area contributed by atoms with E-state index >= 15 is 0 Å². The Kier molecular flexibility index (Phi) is 5.56. The minimum atomic E-state index is -0.283. The third-order valence-corrected chi connectivity index (χ3v) is 5.64. The number of nitrogens with zero attached hydrogens (tertiary/aromatic N) is 4. The van der Waals surface area contributed by atoms with Crippen molar-refractivity contribution in [2.45, 2.75) is 12.8 Å². The molecule has 0 amide bonds. The number of hydrogen-bond donors (Lipinski definition) is 1. The minimum absolute atomic E-state index is 0.0950. The van der Waals surface area contributed by atoms with Crippen molar-refractivity contribution < 1.29 is 14.7 Å². The largest absolute Gasteiger partial charge is 0.507 e. The Labute approximate surface area is 181 Å².